The zero-order chi connectivity index (χ0) is 43.5. The molecule has 0 unspecified atom stereocenters. The smallest absolute Gasteiger partial charge is 0.311 e. The average molecular weight is 824 g/mol. The van der Waals surface area contributed by atoms with Crippen LogP contribution in [0, 0.1) is 23.7 Å². The highest BCUT2D eigenvalue weighted by molar-refractivity contribution is 5.83. The maximum Gasteiger partial charge on any atom is 0.311 e. The van der Waals surface area contributed by atoms with E-state index < -0.39 is 102 Å². The molecule has 3 heterocycles. The van der Waals surface area contributed by atoms with Gasteiger partial charge in [0, 0.05) is 51.0 Å². The van der Waals surface area contributed by atoms with E-state index in [1.807, 2.05) is 58.2 Å². The molecule has 3 aliphatic rings. The van der Waals surface area contributed by atoms with Crippen LogP contribution in [0.1, 0.15) is 100 Å². The number of aliphatic hydroxyl groups excluding tert-OH is 3. The van der Waals surface area contributed by atoms with Crippen molar-refractivity contribution in [3.8, 4) is 0 Å². The molecule has 14 heteroatoms. The Hall–Kier alpha value is -2.08. The van der Waals surface area contributed by atoms with Crippen molar-refractivity contribution in [3.63, 3.8) is 0 Å². The van der Waals surface area contributed by atoms with Crippen molar-refractivity contribution in [3.05, 3.63) is 35.9 Å². The molecule has 14 nitrogen and oxygen atoms in total. The van der Waals surface area contributed by atoms with Crippen LogP contribution in [0.3, 0.4) is 0 Å². The number of cyclic esters (lactones) is 1. The topological polar surface area (TPSA) is 183 Å². The van der Waals surface area contributed by atoms with Gasteiger partial charge < -0.3 is 53.6 Å². The number of ketones is 1. The Morgan fingerprint density at radius 2 is 1.47 bits per heavy atom. The van der Waals surface area contributed by atoms with E-state index in [1.54, 1.807) is 41.5 Å². The van der Waals surface area contributed by atoms with Gasteiger partial charge in [0.2, 0.25) is 0 Å². The van der Waals surface area contributed by atoms with Crippen LogP contribution in [0.5, 0.6) is 0 Å². The first-order valence-electron chi connectivity index (χ1n) is 21.0. The minimum absolute atomic E-state index is 0.0971. The van der Waals surface area contributed by atoms with Crippen molar-refractivity contribution in [1.82, 2.24) is 4.90 Å². The van der Waals surface area contributed by atoms with Crippen molar-refractivity contribution in [2.45, 2.75) is 186 Å². The van der Waals surface area contributed by atoms with Gasteiger partial charge in [-0.1, -0.05) is 58.0 Å². The average Bonchev–Trinajstić information content (AvgIpc) is 3.19. The number of rotatable bonds is 10. The Bertz CT molecular complexity index is 1480. The van der Waals surface area contributed by atoms with E-state index in [1.165, 1.54) is 21.1 Å². The van der Waals surface area contributed by atoms with Crippen LogP contribution in [0.25, 0.3) is 0 Å². The van der Waals surface area contributed by atoms with Crippen LogP contribution in [-0.4, -0.2) is 143 Å². The molecule has 4 rings (SSSR count). The number of carbonyl (C=O) groups excluding carboxylic acids is 2. The SMILES string of the molecule is CC[C@H]1OC(=O)[C@H](C)[C@@H](O[C@H]2C[C@@](C)(OC)[C@@H](O)[C@H](C)O2)[C@H](C)[C@@H](O[C@@H]2O[C@H](C)C[C@H](N(C)Cc3ccccc3)[C@H]2O)[C@@](C)(OC)C[C@@H](C)C(=O)[C@H](C)[C@@H](O)[C@]1(C)O. The standard InChI is InChI=1S/C44H73NO13/c1-14-32-44(10,51)37(48)26(4)34(46)24(2)21-43(9,53-13)39(58-41-35(47)31(20-25(3)54-41)45(11)23-30-18-16-15-17-19-30)27(5)36(28(6)40(50)56-32)57-33-22-42(8,52-12)38(49)29(7)55-33/h15-19,24-29,31-33,35-39,41,47-49,51H,14,20-23H2,1-13H3/t24-,25-,26+,27+,28-,29+,31+,32-,33+,35-,36+,37-,38+,39-,41+,42-,43+,44-/m1/s1. The molecule has 3 aliphatic heterocycles. The Morgan fingerprint density at radius 1 is 0.845 bits per heavy atom. The van der Waals surface area contributed by atoms with Crippen molar-refractivity contribution in [1.29, 1.82) is 0 Å². The lowest BCUT2D eigenvalue weighted by Crippen LogP contribution is -2.61. The largest absolute Gasteiger partial charge is 0.459 e. The van der Waals surface area contributed by atoms with Crippen molar-refractivity contribution >= 4 is 11.8 Å². The Balaban J connectivity index is 1.83. The third-order valence-electron chi connectivity index (χ3n) is 13.4. The Labute approximate surface area is 345 Å². The highest BCUT2D eigenvalue weighted by Crippen LogP contribution is 2.42. The quantitative estimate of drug-likeness (QED) is 0.249. The molecule has 0 aromatic heterocycles. The first-order valence-corrected chi connectivity index (χ1v) is 21.0. The molecule has 4 N–H and O–H groups in total. The molecule has 332 valence electrons. The lowest BCUT2D eigenvalue weighted by atomic mass is 9.74. The summed E-state index contributed by atoms with van der Waals surface area (Å²) < 4.78 is 44.4. The monoisotopic (exact) mass is 824 g/mol. The number of hydrogen-bond acceptors (Lipinski definition) is 14. The summed E-state index contributed by atoms with van der Waals surface area (Å²) in [6.45, 7) is 17.7. The van der Waals surface area contributed by atoms with Gasteiger partial charge in [0.05, 0.1) is 47.6 Å². The third kappa shape index (κ3) is 10.5. The second kappa shape index (κ2) is 19.7. The van der Waals surface area contributed by atoms with Crippen molar-refractivity contribution < 1.29 is 63.2 Å². The summed E-state index contributed by atoms with van der Waals surface area (Å²) >= 11 is 0. The fraction of sp³-hybridized carbons (Fsp3) is 0.818. The van der Waals surface area contributed by atoms with Crippen LogP contribution < -0.4 is 0 Å². The van der Waals surface area contributed by atoms with Crippen molar-refractivity contribution in [2.24, 2.45) is 23.7 Å². The summed E-state index contributed by atoms with van der Waals surface area (Å²) in [6, 6.07) is 9.62. The van der Waals surface area contributed by atoms with Gasteiger partial charge in [-0.15, -0.1) is 0 Å². The van der Waals surface area contributed by atoms with Crippen LogP contribution in [0.15, 0.2) is 30.3 Å². The number of carbonyl (C=O) groups is 2. The molecule has 3 saturated heterocycles. The number of esters is 1. The van der Waals surface area contributed by atoms with Gasteiger partial charge in [0.25, 0.3) is 0 Å². The number of benzene rings is 1. The predicted octanol–water partition coefficient (Wildman–Crippen LogP) is 4.01. The normalized spacial score (nSPS) is 45.1. The number of Topliss-reactive ketones (excluding diaryl/α,β-unsaturated/α-hetero) is 1. The fourth-order valence-electron chi connectivity index (χ4n) is 9.50. The summed E-state index contributed by atoms with van der Waals surface area (Å²) in [5, 5.41) is 46.3. The van der Waals surface area contributed by atoms with E-state index in [0.29, 0.717) is 13.0 Å². The second-order valence-electron chi connectivity index (χ2n) is 18.1. The maximum absolute atomic E-state index is 14.3. The highest BCUT2D eigenvalue weighted by Gasteiger charge is 2.54. The number of ether oxygens (including phenoxy) is 7. The molecule has 0 amide bonds. The molecule has 0 radical (unpaired) electrons. The number of methoxy groups -OCH3 is 2. The predicted molar refractivity (Wildman–Crippen MR) is 215 cm³/mol. The number of hydrogen-bond donors (Lipinski definition) is 4. The summed E-state index contributed by atoms with van der Waals surface area (Å²) in [7, 11) is 4.97. The highest BCUT2D eigenvalue weighted by atomic mass is 16.7. The van der Waals surface area contributed by atoms with Gasteiger partial charge in [-0.3, -0.25) is 14.5 Å². The molecular formula is C44H73NO13. The van der Waals surface area contributed by atoms with Gasteiger partial charge in [-0.2, -0.15) is 0 Å². The van der Waals surface area contributed by atoms with Crippen molar-refractivity contribution in [2.75, 3.05) is 21.3 Å². The third-order valence-corrected chi connectivity index (χ3v) is 13.4. The Kier molecular flexibility index (Phi) is 16.5. The van der Waals surface area contributed by atoms with Gasteiger partial charge in [0.1, 0.15) is 29.7 Å². The van der Waals surface area contributed by atoms with Gasteiger partial charge in [-0.25, -0.2) is 0 Å². The summed E-state index contributed by atoms with van der Waals surface area (Å²) in [4.78, 5) is 30.5. The molecule has 18 atom stereocenters. The van der Waals surface area contributed by atoms with E-state index in [0.717, 1.165) is 5.56 Å². The number of aliphatic hydroxyl groups is 4. The van der Waals surface area contributed by atoms with E-state index in [2.05, 4.69) is 4.90 Å². The minimum atomic E-state index is -1.98. The maximum atomic E-state index is 14.3. The summed E-state index contributed by atoms with van der Waals surface area (Å²) in [5.74, 6) is -4.55. The minimum Gasteiger partial charge on any atom is -0.459 e. The van der Waals surface area contributed by atoms with E-state index >= 15 is 0 Å². The van der Waals surface area contributed by atoms with E-state index in [9.17, 15) is 30.0 Å². The molecular weight excluding hydrogens is 750 g/mol. The van der Waals surface area contributed by atoms with Crippen LogP contribution in [0.4, 0.5) is 0 Å². The van der Waals surface area contributed by atoms with E-state index in [-0.39, 0.29) is 37.2 Å². The van der Waals surface area contributed by atoms with Gasteiger partial charge in [-0.05, 0) is 73.4 Å². The summed E-state index contributed by atoms with van der Waals surface area (Å²) in [6.07, 6.45) is -9.05. The second-order valence-corrected chi connectivity index (χ2v) is 18.1. The van der Waals surface area contributed by atoms with E-state index in [4.69, 9.17) is 33.2 Å². The summed E-state index contributed by atoms with van der Waals surface area (Å²) in [5.41, 5.74) is -3.22. The lowest BCUT2D eigenvalue weighted by Gasteiger charge is -2.50. The molecule has 0 spiro atoms. The molecule has 0 bridgehead atoms. The molecule has 0 aliphatic carbocycles. The number of likely N-dealkylation sites (N-methyl/N-ethyl adjacent to an activating group) is 1. The van der Waals surface area contributed by atoms with Gasteiger partial charge >= 0.3 is 5.97 Å². The van der Waals surface area contributed by atoms with Crippen LogP contribution >= 0.6 is 0 Å². The molecule has 0 saturated carbocycles. The zero-order valence-corrected chi connectivity index (χ0v) is 37.0. The van der Waals surface area contributed by atoms with Crippen LogP contribution in [0.2, 0.25) is 0 Å². The molecule has 1 aromatic carbocycles. The molecule has 58 heavy (non-hydrogen) atoms. The number of nitrogens with zero attached hydrogens (tertiary/aromatic N) is 1. The van der Waals surface area contributed by atoms with Gasteiger partial charge in [0.15, 0.2) is 12.6 Å². The molecule has 3 fully saturated rings. The zero-order valence-electron chi connectivity index (χ0n) is 37.0. The fourth-order valence-corrected chi connectivity index (χ4v) is 9.50. The van der Waals surface area contributed by atoms with Crippen LogP contribution in [-0.2, 0) is 49.3 Å². The first-order chi connectivity index (χ1) is 27.0. The molecule has 1 aromatic rings. The Morgan fingerprint density at radius 3 is 2.05 bits per heavy atom. The first kappa shape index (κ1) is 48.6. The lowest BCUT2D eigenvalue weighted by molar-refractivity contribution is -0.319.